The molecule has 26 heavy (non-hydrogen) atoms. The number of hydrogen-bond donors (Lipinski definition) is 3. The summed E-state index contributed by atoms with van der Waals surface area (Å²) in [4.78, 5) is 21.2. The van der Waals surface area contributed by atoms with E-state index in [4.69, 9.17) is 21.7 Å². The van der Waals surface area contributed by atoms with Crippen LogP contribution in [0.2, 0.25) is 5.02 Å². The van der Waals surface area contributed by atoms with Gasteiger partial charge in [0.15, 0.2) is 0 Å². The lowest BCUT2D eigenvalue weighted by Gasteiger charge is -2.12. The van der Waals surface area contributed by atoms with Crippen molar-refractivity contribution in [1.82, 2.24) is 10.6 Å². The highest BCUT2D eigenvalue weighted by atomic mass is 35.5. The van der Waals surface area contributed by atoms with Gasteiger partial charge in [-0.15, -0.1) is 0 Å². The zero-order valence-corrected chi connectivity index (χ0v) is 14.3. The first-order chi connectivity index (χ1) is 12.0. The summed E-state index contributed by atoms with van der Waals surface area (Å²) in [5, 5.41) is 22.8. The van der Waals surface area contributed by atoms with Gasteiger partial charge in [-0.2, -0.15) is 13.2 Å². The van der Waals surface area contributed by atoms with Crippen LogP contribution in [0.5, 0.6) is 5.75 Å². The summed E-state index contributed by atoms with van der Waals surface area (Å²) in [7, 11) is 0. The quantitative estimate of drug-likeness (QED) is 0.304. The van der Waals surface area contributed by atoms with Gasteiger partial charge in [-0.05, 0) is 19.9 Å². The second-order valence-corrected chi connectivity index (χ2v) is 5.25. The van der Waals surface area contributed by atoms with Crippen molar-refractivity contribution < 1.29 is 27.6 Å². The third kappa shape index (κ3) is 5.92. The molecule has 0 heterocycles. The van der Waals surface area contributed by atoms with Crippen LogP contribution in [-0.4, -0.2) is 23.4 Å². The zero-order valence-electron chi connectivity index (χ0n) is 13.5. The number of ether oxygens (including phenoxy) is 1. The van der Waals surface area contributed by atoms with Gasteiger partial charge in [-0.25, -0.2) is 4.79 Å². The van der Waals surface area contributed by atoms with Gasteiger partial charge >= 0.3 is 17.9 Å². The fourth-order valence-corrected chi connectivity index (χ4v) is 1.99. The smallest absolute Gasteiger partial charge is 0.416 e. The molecule has 8 nitrogen and oxygen atoms in total. The van der Waals surface area contributed by atoms with Gasteiger partial charge < -0.3 is 15.4 Å². The Morgan fingerprint density at radius 3 is 2.58 bits per heavy atom. The second-order valence-electron chi connectivity index (χ2n) is 4.84. The molecule has 0 aliphatic rings. The van der Waals surface area contributed by atoms with Gasteiger partial charge in [0.2, 0.25) is 11.6 Å². The number of halogens is 4. The molecule has 0 saturated heterocycles. The molecule has 12 heteroatoms. The first-order valence-corrected chi connectivity index (χ1v) is 7.38. The standard InChI is InChI=1S/C14H14ClF3N4O4/c1-3-20-13(23)21-7(2)4-11(19)26-12-9(15)5-8(14(16,17)18)6-10(12)22(24)25/h4-6,19H,3H2,1-2H3,(H2,20,21,23)/b7-4-,19-11?. The molecular formula is C14H14ClF3N4O4. The van der Waals surface area contributed by atoms with E-state index < -0.39 is 45.1 Å². The number of benzene rings is 1. The molecule has 0 bridgehead atoms. The number of nitro benzene ring substituents is 1. The van der Waals surface area contributed by atoms with E-state index in [1.54, 1.807) is 6.92 Å². The summed E-state index contributed by atoms with van der Waals surface area (Å²) in [5.41, 5.74) is -2.21. The predicted molar refractivity (Wildman–Crippen MR) is 87.4 cm³/mol. The fourth-order valence-electron chi connectivity index (χ4n) is 1.74. The lowest BCUT2D eigenvalue weighted by atomic mass is 10.2. The fraction of sp³-hybridized carbons (Fsp3) is 0.286. The van der Waals surface area contributed by atoms with Crippen LogP contribution in [-0.2, 0) is 6.18 Å². The van der Waals surface area contributed by atoms with E-state index in [0.29, 0.717) is 12.6 Å². The maximum atomic E-state index is 12.7. The van der Waals surface area contributed by atoms with Gasteiger partial charge in [0.1, 0.15) is 0 Å². The zero-order chi connectivity index (χ0) is 20.1. The highest BCUT2D eigenvalue weighted by Crippen LogP contribution is 2.41. The molecule has 1 rings (SSSR count). The second kappa shape index (κ2) is 8.52. The van der Waals surface area contributed by atoms with E-state index in [1.165, 1.54) is 6.92 Å². The Bertz CT molecular complexity index is 765. The lowest BCUT2D eigenvalue weighted by Crippen LogP contribution is -2.34. The number of allylic oxidation sites excluding steroid dienone is 1. The molecule has 0 unspecified atom stereocenters. The van der Waals surface area contributed by atoms with Gasteiger partial charge in [0.05, 0.1) is 15.5 Å². The van der Waals surface area contributed by atoms with E-state index in [9.17, 15) is 28.1 Å². The van der Waals surface area contributed by atoms with Crippen molar-refractivity contribution in [3.8, 4) is 5.75 Å². The molecule has 3 N–H and O–H groups in total. The van der Waals surface area contributed by atoms with Crippen molar-refractivity contribution in [3.63, 3.8) is 0 Å². The van der Waals surface area contributed by atoms with Crippen LogP contribution in [0.4, 0.5) is 23.7 Å². The predicted octanol–water partition coefficient (Wildman–Crippen LogP) is 3.85. The van der Waals surface area contributed by atoms with Crippen LogP contribution in [0.25, 0.3) is 0 Å². The van der Waals surface area contributed by atoms with Crippen LogP contribution >= 0.6 is 11.6 Å². The molecule has 0 saturated carbocycles. The topological polar surface area (TPSA) is 117 Å². The summed E-state index contributed by atoms with van der Waals surface area (Å²) in [6.07, 6.45) is -3.83. The monoisotopic (exact) mass is 394 g/mol. The van der Waals surface area contributed by atoms with Crippen molar-refractivity contribution in [3.05, 3.63) is 44.6 Å². The minimum absolute atomic E-state index is 0.159. The van der Waals surface area contributed by atoms with Crippen molar-refractivity contribution >= 4 is 29.2 Å². The number of carbonyl (C=O) groups is 1. The number of amides is 2. The molecule has 142 valence electrons. The average Bonchev–Trinajstić information content (AvgIpc) is 2.47. The maximum absolute atomic E-state index is 12.7. The minimum atomic E-state index is -4.84. The van der Waals surface area contributed by atoms with Gasteiger partial charge in [-0.1, -0.05) is 11.6 Å². The SMILES string of the molecule is CCNC(=O)N/C(C)=C\C(=N)Oc1c(Cl)cc(C(F)(F)F)cc1[N+](=O)[O-]. The molecule has 0 radical (unpaired) electrons. The highest BCUT2D eigenvalue weighted by Gasteiger charge is 2.35. The Morgan fingerprint density at radius 2 is 2.08 bits per heavy atom. The Labute approximate surface area is 150 Å². The minimum Gasteiger partial charge on any atom is -0.431 e. The molecule has 2 amide bonds. The number of carbonyl (C=O) groups excluding carboxylic acids is 1. The molecule has 0 spiro atoms. The molecule has 0 atom stereocenters. The number of rotatable bonds is 5. The van der Waals surface area contributed by atoms with Crippen molar-refractivity contribution in [2.45, 2.75) is 20.0 Å². The molecular weight excluding hydrogens is 381 g/mol. The van der Waals surface area contributed by atoms with Crippen LogP contribution in [0, 0.1) is 15.5 Å². The summed E-state index contributed by atoms with van der Waals surface area (Å²) < 4.78 is 43.1. The Balaban J connectivity index is 3.10. The first-order valence-electron chi connectivity index (χ1n) is 7.00. The van der Waals surface area contributed by atoms with Crippen molar-refractivity contribution in [2.24, 2.45) is 0 Å². The lowest BCUT2D eigenvalue weighted by molar-refractivity contribution is -0.385. The highest BCUT2D eigenvalue weighted by molar-refractivity contribution is 6.32. The number of urea groups is 1. The number of nitrogens with zero attached hydrogens (tertiary/aromatic N) is 1. The summed E-state index contributed by atoms with van der Waals surface area (Å²) in [6.45, 7) is 3.46. The van der Waals surface area contributed by atoms with E-state index in [2.05, 4.69) is 10.6 Å². The summed E-state index contributed by atoms with van der Waals surface area (Å²) in [6, 6.07) is 0.172. The number of nitro groups is 1. The van der Waals surface area contributed by atoms with Crippen LogP contribution in [0.15, 0.2) is 23.9 Å². The third-order valence-corrected chi connectivity index (χ3v) is 3.04. The van der Waals surface area contributed by atoms with Crippen LogP contribution in [0.3, 0.4) is 0 Å². The van der Waals surface area contributed by atoms with Gasteiger partial charge in [0, 0.05) is 24.4 Å². The summed E-state index contributed by atoms with van der Waals surface area (Å²) in [5.74, 6) is -1.39. The molecule has 0 fully saturated rings. The average molecular weight is 395 g/mol. The van der Waals surface area contributed by atoms with Crippen LogP contribution < -0.4 is 15.4 Å². The van der Waals surface area contributed by atoms with E-state index >= 15 is 0 Å². The summed E-state index contributed by atoms with van der Waals surface area (Å²) >= 11 is 5.66. The normalized spacial score (nSPS) is 11.7. The van der Waals surface area contributed by atoms with E-state index in [0.717, 1.165) is 6.08 Å². The van der Waals surface area contributed by atoms with E-state index in [1.807, 2.05) is 0 Å². The number of alkyl halides is 3. The van der Waals surface area contributed by atoms with Crippen molar-refractivity contribution in [2.75, 3.05) is 6.54 Å². The van der Waals surface area contributed by atoms with Crippen molar-refractivity contribution in [1.29, 1.82) is 5.41 Å². The number of hydrogen-bond acceptors (Lipinski definition) is 5. The third-order valence-electron chi connectivity index (χ3n) is 2.76. The van der Waals surface area contributed by atoms with E-state index in [-0.39, 0.29) is 11.8 Å². The van der Waals surface area contributed by atoms with Crippen LogP contribution in [0.1, 0.15) is 19.4 Å². The molecule has 0 aliphatic heterocycles. The Hall–Kier alpha value is -2.82. The van der Waals surface area contributed by atoms with Gasteiger partial charge in [-0.3, -0.25) is 15.5 Å². The molecule has 0 aliphatic carbocycles. The Morgan fingerprint density at radius 1 is 1.46 bits per heavy atom. The molecule has 1 aromatic carbocycles. The first kappa shape index (κ1) is 21.2. The Kier molecular flexibility index (Phi) is 6.95. The maximum Gasteiger partial charge on any atom is 0.416 e. The van der Waals surface area contributed by atoms with Gasteiger partial charge in [0.25, 0.3) is 0 Å². The number of nitrogens with one attached hydrogen (secondary N) is 3. The molecule has 0 aromatic heterocycles. The molecule has 1 aromatic rings. The largest absolute Gasteiger partial charge is 0.431 e.